The molecular weight excluding hydrogens is 475 g/mol. The van der Waals surface area contributed by atoms with E-state index < -0.39 is 42.2 Å². The number of aliphatic hydroxyl groups excluding tert-OH is 2. The summed E-state index contributed by atoms with van der Waals surface area (Å²) in [6, 6.07) is 13.6. The molecule has 0 saturated heterocycles. The maximum absolute atomic E-state index is 13.7. The second-order valence-electron chi connectivity index (χ2n) is 9.84. The van der Waals surface area contributed by atoms with E-state index in [1.54, 1.807) is 20.8 Å². The Morgan fingerprint density at radius 2 is 1.58 bits per heavy atom. The molecule has 0 heterocycles. The number of unbranched alkanes of at least 4 members (excludes halogenated alkanes) is 1. The number of amides is 1. The lowest BCUT2D eigenvalue weighted by Gasteiger charge is -2.32. The smallest absolute Gasteiger partial charge is 0.419 e. The van der Waals surface area contributed by atoms with Crippen LogP contribution in [0.25, 0.3) is 0 Å². The molecule has 6 nitrogen and oxygen atoms in total. The van der Waals surface area contributed by atoms with E-state index in [0.29, 0.717) is 12.0 Å². The molecule has 1 amide bonds. The van der Waals surface area contributed by atoms with E-state index in [2.05, 4.69) is 5.32 Å². The lowest BCUT2D eigenvalue weighted by molar-refractivity contribution is -0.139. The number of halogens is 3. The monoisotopic (exact) mass is 511 g/mol. The third-order valence-corrected chi connectivity index (χ3v) is 5.57. The molecule has 200 valence electrons. The highest BCUT2D eigenvalue weighted by molar-refractivity contribution is 5.68. The average molecular weight is 512 g/mol. The Kier molecular flexibility index (Phi) is 10.6. The largest absolute Gasteiger partial charge is 0.493 e. The molecule has 0 fully saturated rings. The third-order valence-electron chi connectivity index (χ3n) is 5.57. The van der Waals surface area contributed by atoms with Gasteiger partial charge in [0.05, 0.1) is 30.9 Å². The van der Waals surface area contributed by atoms with Gasteiger partial charge in [0.15, 0.2) is 0 Å². The molecule has 0 unspecified atom stereocenters. The van der Waals surface area contributed by atoms with Crippen LogP contribution in [-0.2, 0) is 23.8 Å². The van der Waals surface area contributed by atoms with Gasteiger partial charge in [0.1, 0.15) is 11.4 Å². The van der Waals surface area contributed by atoms with Crippen molar-refractivity contribution in [3.63, 3.8) is 0 Å². The number of carbonyl (C=O) groups excluding carboxylic acids is 1. The van der Waals surface area contributed by atoms with Gasteiger partial charge in [-0.1, -0.05) is 36.4 Å². The van der Waals surface area contributed by atoms with E-state index in [1.165, 1.54) is 17.7 Å². The predicted molar refractivity (Wildman–Crippen MR) is 131 cm³/mol. The summed E-state index contributed by atoms with van der Waals surface area (Å²) in [5.41, 5.74) is -1.63. The van der Waals surface area contributed by atoms with Crippen LogP contribution in [0.4, 0.5) is 18.0 Å². The van der Waals surface area contributed by atoms with Gasteiger partial charge >= 0.3 is 12.3 Å². The van der Waals surface area contributed by atoms with Crippen molar-refractivity contribution < 1.29 is 37.7 Å². The minimum Gasteiger partial charge on any atom is -0.493 e. The maximum Gasteiger partial charge on any atom is 0.419 e. The number of benzene rings is 2. The summed E-state index contributed by atoms with van der Waals surface area (Å²) in [6.45, 7) is 3.93. The minimum atomic E-state index is -4.62. The fourth-order valence-electron chi connectivity index (χ4n) is 3.59. The van der Waals surface area contributed by atoms with Gasteiger partial charge in [-0.25, -0.2) is 4.79 Å². The molecule has 9 heteroatoms. The number of ether oxygens (including phenoxy) is 2. The van der Waals surface area contributed by atoms with Crippen molar-refractivity contribution in [1.29, 1.82) is 0 Å². The highest BCUT2D eigenvalue weighted by atomic mass is 19.4. The Labute approximate surface area is 210 Å². The summed E-state index contributed by atoms with van der Waals surface area (Å²) in [7, 11) is 0. The first-order valence-electron chi connectivity index (χ1n) is 12.0. The van der Waals surface area contributed by atoms with Crippen LogP contribution in [0.15, 0.2) is 48.5 Å². The molecule has 3 N–H and O–H groups in total. The Hall–Kier alpha value is -2.78. The Bertz CT molecular complexity index is 954. The summed E-state index contributed by atoms with van der Waals surface area (Å²) >= 11 is 0. The lowest BCUT2D eigenvalue weighted by Crippen LogP contribution is -2.55. The van der Waals surface area contributed by atoms with Crippen molar-refractivity contribution in [3.05, 3.63) is 65.2 Å². The summed E-state index contributed by atoms with van der Waals surface area (Å²) in [6.07, 6.45) is -3.16. The van der Waals surface area contributed by atoms with Crippen molar-refractivity contribution in [2.75, 3.05) is 19.8 Å². The van der Waals surface area contributed by atoms with Gasteiger partial charge in [-0.2, -0.15) is 13.2 Å². The molecular formula is C27H36F3NO5. The van der Waals surface area contributed by atoms with Crippen LogP contribution in [0, 0.1) is 0 Å². The van der Waals surface area contributed by atoms with Crippen LogP contribution < -0.4 is 10.1 Å². The van der Waals surface area contributed by atoms with Crippen LogP contribution in [0.2, 0.25) is 0 Å². The van der Waals surface area contributed by atoms with Crippen molar-refractivity contribution in [2.45, 2.75) is 70.2 Å². The van der Waals surface area contributed by atoms with E-state index in [1.807, 2.05) is 30.3 Å². The van der Waals surface area contributed by atoms with Crippen molar-refractivity contribution in [3.8, 4) is 5.75 Å². The van der Waals surface area contributed by atoms with Crippen LogP contribution in [0.1, 0.15) is 56.7 Å². The van der Waals surface area contributed by atoms with E-state index >= 15 is 0 Å². The van der Waals surface area contributed by atoms with Crippen molar-refractivity contribution in [1.82, 2.24) is 5.32 Å². The number of rotatable bonds is 12. The normalized spacial score (nSPS) is 12.3. The van der Waals surface area contributed by atoms with Gasteiger partial charge in [-0.3, -0.25) is 0 Å². The fourth-order valence-corrected chi connectivity index (χ4v) is 3.59. The van der Waals surface area contributed by atoms with Crippen LogP contribution in [0.5, 0.6) is 5.75 Å². The first-order chi connectivity index (χ1) is 16.9. The van der Waals surface area contributed by atoms with Crippen LogP contribution >= 0.6 is 0 Å². The molecule has 2 aromatic rings. The molecule has 2 rings (SSSR count). The maximum atomic E-state index is 13.7. The third kappa shape index (κ3) is 9.70. The highest BCUT2D eigenvalue weighted by Crippen LogP contribution is 2.37. The molecule has 0 atom stereocenters. The molecule has 0 radical (unpaired) electrons. The topological polar surface area (TPSA) is 88.0 Å². The summed E-state index contributed by atoms with van der Waals surface area (Å²) in [4.78, 5) is 12.1. The first-order valence-corrected chi connectivity index (χ1v) is 12.0. The summed E-state index contributed by atoms with van der Waals surface area (Å²) < 4.78 is 51.8. The zero-order chi connectivity index (χ0) is 26.8. The summed E-state index contributed by atoms with van der Waals surface area (Å²) in [5.74, 6) is -0.242. The Balaban J connectivity index is 2.01. The molecule has 2 aromatic carbocycles. The van der Waals surface area contributed by atoms with Crippen molar-refractivity contribution >= 4 is 6.09 Å². The molecule has 36 heavy (non-hydrogen) atoms. The number of hydrogen-bond donors (Lipinski definition) is 3. The fraction of sp³-hybridized carbons (Fsp3) is 0.519. The van der Waals surface area contributed by atoms with Gasteiger partial charge in [-0.05, 0) is 76.1 Å². The minimum absolute atomic E-state index is 0.00374. The molecule has 0 bridgehead atoms. The molecule has 0 aliphatic heterocycles. The molecule has 0 aliphatic carbocycles. The number of alkyl halides is 3. The van der Waals surface area contributed by atoms with E-state index in [-0.39, 0.29) is 25.2 Å². The standard InChI is InChI=1S/C27H36F3NO5/c1-25(2,3)36-24(34)31-26(18-32,19-33)15-14-21-12-13-23(22(17-21)27(28,29)30)35-16-8-7-11-20-9-5-4-6-10-20/h4-6,9-10,12-13,17,32-33H,7-8,11,14-16,18-19H2,1-3H3,(H,31,34). The van der Waals surface area contributed by atoms with E-state index in [0.717, 1.165) is 18.9 Å². The van der Waals surface area contributed by atoms with Gasteiger partial charge in [-0.15, -0.1) is 0 Å². The molecule has 0 aliphatic rings. The van der Waals surface area contributed by atoms with E-state index in [9.17, 15) is 28.2 Å². The second-order valence-corrected chi connectivity index (χ2v) is 9.84. The molecule has 0 aromatic heterocycles. The second kappa shape index (κ2) is 13.0. The zero-order valence-electron chi connectivity index (χ0n) is 21.0. The van der Waals surface area contributed by atoms with Crippen LogP contribution in [0.3, 0.4) is 0 Å². The summed E-state index contributed by atoms with van der Waals surface area (Å²) in [5, 5.41) is 22.1. The quantitative estimate of drug-likeness (QED) is 0.337. The van der Waals surface area contributed by atoms with Crippen LogP contribution in [-0.4, -0.2) is 47.3 Å². The Morgan fingerprint density at radius 1 is 0.917 bits per heavy atom. The SMILES string of the molecule is CC(C)(C)OC(=O)NC(CO)(CO)CCc1ccc(OCCCCc2ccccc2)c(C(F)(F)F)c1. The average Bonchev–Trinajstić information content (AvgIpc) is 2.81. The highest BCUT2D eigenvalue weighted by Gasteiger charge is 2.36. The molecule has 0 saturated carbocycles. The van der Waals surface area contributed by atoms with E-state index in [4.69, 9.17) is 9.47 Å². The Morgan fingerprint density at radius 3 is 2.17 bits per heavy atom. The number of aryl methyl sites for hydroxylation is 2. The number of nitrogens with one attached hydrogen (secondary N) is 1. The number of hydrogen-bond acceptors (Lipinski definition) is 5. The van der Waals surface area contributed by atoms with Crippen molar-refractivity contribution in [2.24, 2.45) is 0 Å². The van der Waals surface area contributed by atoms with Gasteiger partial charge in [0.25, 0.3) is 0 Å². The first kappa shape index (κ1) is 29.5. The van der Waals surface area contributed by atoms with Gasteiger partial charge in [0, 0.05) is 0 Å². The zero-order valence-corrected chi connectivity index (χ0v) is 21.0. The molecule has 0 spiro atoms. The number of aliphatic hydroxyl groups is 2. The predicted octanol–water partition coefficient (Wildman–Crippen LogP) is 5.29. The van der Waals surface area contributed by atoms with Gasteiger partial charge in [0.2, 0.25) is 0 Å². The van der Waals surface area contributed by atoms with Gasteiger partial charge < -0.3 is 25.0 Å². The number of carbonyl (C=O) groups is 1. The number of alkyl carbamates (subject to hydrolysis) is 1. The lowest BCUT2D eigenvalue weighted by atomic mass is 9.92.